The van der Waals surface area contributed by atoms with Crippen LogP contribution in [0.2, 0.25) is 0 Å². The number of aliphatic hydroxyl groups excluding tert-OH is 1. The molecule has 3 aromatic rings. The minimum Gasteiger partial charge on any atom is -0.508 e. The van der Waals surface area contributed by atoms with Crippen LogP contribution in [0.3, 0.4) is 0 Å². The second kappa shape index (κ2) is 5.61. The molecule has 0 aliphatic rings. The first kappa shape index (κ1) is 14.3. The molecule has 5 nitrogen and oxygen atoms in total. The zero-order valence-corrected chi connectivity index (χ0v) is 12.3. The zero-order valence-electron chi connectivity index (χ0n) is 12.3. The first-order chi connectivity index (χ1) is 10.6. The average Bonchev–Trinajstić information content (AvgIpc) is 2.86. The summed E-state index contributed by atoms with van der Waals surface area (Å²) in [7, 11) is 0. The van der Waals surface area contributed by atoms with E-state index in [1.165, 1.54) is 0 Å². The van der Waals surface area contributed by atoms with E-state index in [2.05, 4.69) is 10.1 Å². The number of aromatic nitrogens is 2. The largest absolute Gasteiger partial charge is 0.508 e. The fourth-order valence-electron chi connectivity index (χ4n) is 2.56. The summed E-state index contributed by atoms with van der Waals surface area (Å²) in [5.41, 5.74) is 3.58. The Balaban J connectivity index is 2.08. The molecule has 0 aliphatic carbocycles. The van der Waals surface area contributed by atoms with Gasteiger partial charge in [0.2, 0.25) is 0 Å². The lowest BCUT2D eigenvalue weighted by atomic mass is 9.96. The normalized spacial score (nSPS) is 12.3. The molecule has 0 spiro atoms. The number of aryl methyl sites for hydroxylation is 2. The third kappa shape index (κ3) is 2.58. The Bertz CT molecular complexity index is 777. The molecule has 112 valence electrons. The Hall–Kier alpha value is -2.66. The van der Waals surface area contributed by atoms with Crippen molar-refractivity contribution in [3.05, 3.63) is 65.3 Å². The quantitative estimate of drug-likeness (QED) is 0.776. The van der Waals surface area contributed by atoms with Crippen LogP contribution in [-0.2, 0) is 0 Å². The fourth-order valence-corrected chi connectivity index (χ4v) is 2.56. The van der Waals surface area contributed by atoms with Gasteiger partial charge in [0.05, 0.1) is 5.69 Å². The van der Waals surface area contributed by atoms with Crippen molar-refractivity contribution in [1.29, 1.82) is 0 Å². The molecule has 1 aromatic carbocycles. The molecular formula is C17H16N2O3. The number of hydrogen-bond donors (Lipinski definition) is 2. The summed E-state index contributed by atoms with van der Waals surface area (Å²) >= 11 is 0. The first-order valence-electron chi connectivity index (χ1n) is 6.91. The van der Waals surface area contributed by atoms with Gasteiger partial charge in [0, 0.05) is 23.5 Å². The topological polar surface area (TPSA) is 79.4 Å². The van der Waals surface area contributed by atoms with E-state index in [9.17, 15) is 10.2 Å². The monoisotopic (exact) mass is 296 g/mol. The number of benzene rings is 1. The van der Waals surface area contributed by atoms with Crippen LogP contribution in [0.1, 0.15) is 28.7 Å². The number of hydrogen-bond acceptors (Lipinski definition) is 5. The number of phenolic OH excluding ortho intramolecular Hbond substituents is 1. The van der Waals surface area contributed by atoms with E-state index in [0.29, 0.717) is 16.9 Å². The van der Waals surface area contributed by atoms with Gasteiger partial charge in [-0.05, 0) is 49.2 Å². The van der Waals surface area contributed by atoms with Crippen LogP contribution < -0.4 is 0 Å². The molecule has 1 atom stereocenters. The van der Waals surface area contributed by atoms with Crippen LogP contribution in [0, 0.1) is 13.8 Å². The molecule has 2 N–H and O–H groups in total. The van der Waals surface area contributed by atoms with Crippen molar-refractivity contribution in [2.45, 2.75) is 20.0 Å². The molecule has 5 heteroatoms. The number of aromatic hydroxyl groups is 1. The van der Waals surface area contributed by atoms with E-state index >= 15 is 0 Å². The third-order valence-corrected chi connectivity index (χ3v) is 3.58. The molecule has 0 aliphatic heterocycles. The molecule has 0 saturated carbocycles. The van der Waals surface area contributed by atoms with Crippen molar-refractivity contribution in [1.82, 2.24) is 10.1 Å². The number of rotatable bonds is 3. The van der Waals surface area contributed by atoms with Gasteiger partial charge in [0.25, 0.3) is 0 Å². The molecule has 0 radical (unpaired) electrons. The third-order valence-electron chi connectivity index (χ3n) is 3.58. The zero-order chi connectivity index (χ0) is 15.7. The van der Waals surface area contributed by atoms with Gasteiger partial charge >= 0.3 is 0 Å². The maximum absolute atomic E-state index is 10.5. The Morgan fingerprint density at radius 2 is 1.95 bits per heavy atom. The highest BCUT2D eigenvalue weighted by molar-refractivity contribution is 5.70. The minimum atomic E-state index is -0.861. The maximum Gasteiger partial charge on any atom is 0.141 e. The number of phenols is 1. The van der Waals surface area contributed by atoms with Crippen LogP contribution in [0.25, 0.3) is 11.1 Å². The van der Waals surface area contributed by atoms with Crippen molar-refractivity contribution >= 4 is 0 Å². The van der Waals surface area contributed by atoms with Gasteiger partial charge in [-0.3, -0.25) is 4.98 Å². The summed E-state index contributed by atoms with van der Waals surface area (Å²) in [6, 6.07) is 8.54. The van der Waals surface area contributed by atoms with E-state index in [1.807, 2.05) is 19.9 Å². The van der Waals surface area contributed by atoms with Crippen molar-refractivity contribution in [2.75, 3.05) is 0 Å². The van der Waals surface area contributed by atoms with Crippen molar-refractivity contribution in [2.24, 2.45) is 0 Å². The molecule has 3 rings (SSSR count). The predicted molar refractivity (Wildman–Crippen MR) is 81.4 cm³/mol. The molecule has 2 aromatic heterocycles. The second-order valence-corrected chi connectivity index (χ2v) is 5.20. The molecule has 0 amide bonds. The highest BCUT2D eigenvalue weighted by Crippen LogP contribution is 2.33. The van der Waals surface area contributed by atoms with E-state index in [0.717, 1.165) is 16.8 Å². The first-order valence-corrected chi connectivity index (χ1v) is 6.91. The minimum absolute atomic E-state index is 0.0791. The van der Waals surface area contributed by atoms with Crippen LogP contribution in [-0.4, -0.2) is 20.4 Å². The van der Waals surface area contributed by atoms with Gasteiger partial charge in [-0.15, -0.1) is 0 Å². The van der Waals surface area contributed by atoms with Crippen LogP contribution in [0.15, 0.2) is 47.2 Å². The SMILES string of the molecule is Cc1noc(C)c1-c1cc(O)cc([C@H](O)c2cccnc2)c1. The average molecular weight is 296 g/mol. The van der Waals surface area contributed by atoms with Gasteiger partial charge in [-0.25, -0.2) is 0 Å². The molecular weight excluding hydrogens is 280 g/mol. The Labute approximate surface area is 127 Å². The van der Waals surface area contributed by atoms with E-state index in [-0.39, 0.29) is 5.75 Å². The maximum atomic E-state index is 10.5. The molecule has 22 heavy (non-hydrogen) atoms. The molecule has 0 bridgehead atoms. The number of aliphatic hydroxyl groups is 1. The molecule has 0 unspecified atom stereocenters. The van der Waals surface area contributed by atoms with Crippen LogP contribution >= 0.6 is 0 Å². The standard InChI is InChI=1S/C17H16N2O3/c1-10-16(11(2)22-19-10)13-6-14(8-15(20)7-13)17(21)12-4-3-5-18-9-12/h3-9,17,20-21H,1-2H3/t17-/m1/s1. The second-order valence-electron chi connectivity index (χ2n) is 5.20. The van der Waals surface area contributed by atoms with Gasteiger partial charge < -0.3 is 14.7 Å². The lowest BCUT2D eigenvalue weighted by Crippen LogP contribution is -2.00. The lowest BCUT2D eigenvalue weighted by molar-refractivity contribution is 0.219. The van der Waals surface area contributed by atoms with Crippen molar-refractivity contribution in [3.63, 3.8) is 0 Å². The van der Waals surface area contributed by atoms with Gasteiger partial charge in [-0.2, -0.15) is 0 Å². The summed E-state index contributed by atoms with van der Waals surface area (Å²) in [6.45, 7) is 3.66. The van der Waals surface area contributed by atoms with E-state index in [1.54, 1.807) is 36.7 Å². The number of pyridine rings is 1. The van der Waals surface area contributed by atoms with Crippen LogP contribution in [0.5, 0.6) is 5.75 Å². The molecule has 0 saturated heterocycles. The summed E-state index contributed by atoms with van der Waals surface area (Å²) in [4.78, 5) is 4.01. The van der Waals surface area contributed by atoms with Crippen molar-refractivity contribution in [3.8, 4) is 16.9 Å². The van der Waals surface area contributed by atoms with Crippen molar-refractivity contribution < 1.29 is 14.7 Å². The van der Waals surface area contributed by atoms with Gasteiger partial charge in [0.15, 0.2) is 0 Å². The molecule has 2 heterocycles. The van der Waals surface area contributed by atoms with E-state index < -0.39 is 6.10 Å². The summed E-state index contributed by atoms with van der Waals surface area (Å²) in [6.07, 6.45) is 2.39. The van der Waals surface area contributed by atoms with Gasteiger partial charge in [0.1, 0.15) is 17.6 Å². The highest BCUT2D eigenvalue weighted by atomic mass is 16.5. The highest BCUT2D eigenvalue weighted by Gasteiger charge is 2.17. The predicted octanol–water partition coefficient (Wildman–Crippen LogP) is 3.14. The summed E-state index contributed by atoms with van der Waals surface area (Å²) < 4.78 is 5.17. The number of nitrogens with zero attached hydrogens (tertiary/aromatic N) is 2. The van der Waals surface area contributed by atoms with Gasteiger partial charge in [-0.1, -0.05) is 11.2 Å². The Morgan fingerprint density at radius 3 is 2.59 bits per heavy atom. The van der Waals surface area contributed by atoms with E-state index in [4.69, 9.17) is 4.52 Å². The lowest BCUT2D eigenvalue weighted by Gasteiger charge is -2.13. The fraction of sp³-hybridized carbons (Fsp3) is 0.176. The summed E-state index contributed by atoms with van der Waals surface area (Å²) in [5, 5.41) is 24.4. The molecule has 0 fully saturated rings. The Kier molecular flexibility index (Phi) is 3.65. The smallest absolute Gasteiger partial charge is 0.141 e. The van der Waals surface area contributed by atoms with Crippen LogP contribution in [0.4, 0.5) is 0 Å². The summed E-state index contributed by atoms with van der Waals surface area (Å²) in [5.74, 6) is 0.750. The Morgan fingerprint density at radius 1 is 1.14 bits per heavy atom.